The molecular weight excluding hydrogens is 308 g/mol. The Labute approximate surface area is 122 Å². The molecule has 1 aromatic rings. The minimum absolute atomic E-state index is 0.0724. The molecular formula is C14H21BrN2S. The standard InChI is InChI=1S/C14H21BrN2S/c1-9-7-17(8-10(2)18-9)12-4-5-13(11(3)16)14(15)6-12/h4-6,9-11H,7-8,16H2,1-3H3/t9?,10?,11-/m0/s1. The van der Waals surface area contributed by atoms with Crippen LogP contribution in [0.5, 0.6) is 0 Å². The fourth-order valence-electron chi connectivity index (χ4n) is 2.47. The van der Waals surface area contributed by atoms with Gasteiger partial charge in [-0.25, -0.2) is 0 Å². The Hall–Kier alpha value is -0.190. The van der Waals surface area contributed by atoms with E-state index in [2.05, 4.69) is 64.6 Å². The first-order valence-electron chi connectivity index (χ1n) is 6.43. The molecule has 0 bridgehead atoms. The molecule has 1 aliphatic rings. The first kappa shape index (κ1) is 14.2. The first-order valence-corrected chi connectivity index (χ1v) is 8.16. The van der Waals surface area contributed by atoms with Crippen molar-refractivity contribution >= 4 is 33.4 Å². The lowest BCUT2D eigenvalue weighted by atomic mass is 10.1. The second kappa shape index (κ2) is 5.85. The van der Waals surface area contributed by atoms with Crippen LogP contribution in [-0.4, -0.2) is 23.6 Å². The summed E-state index contributed by atoms with van der Waals surface area (Å²) in [5.41, 5.74) is 8.41. The van der Waals surface area contributed by atoms with Gasteiger partial charge in [0.1, 0.15) is 0 Å². The van der Waals surface area contributed by atoms with E-state index in [4.69, 9.17) is 5.73 Å². The molecule has 18 heavy (non-hydrogen) atoms. The molecule has 1 saturated heterocycles. The average Bonchev–Trinajstić information content (AvgIpc) is 2.26. The zero-order valence-electron chi connectivity index (χ0n) is 11.2. The Morgan fingerprint density at radius 2 is 1.94 bits per heavy atom. The summed E-state index contributed by atoms with van der Waals surface area (Å²) < 4.78 is 1.12. The number of hydrogen-bond acceptors (Lipinski definition) is 3. The van der Waals surface area contributed by atoms with Gasteiger partial charge in [-0.1, -0.05) is 35.8 Å². The van der Waals surface area contributed by atoms with Gasteiger partial charge >= 0.3 is 0 Å². The van der Waals surface area contributed by atoms with Crippen LogP contribution in [0.3, 0.4) is 0 Å². The summed E-state index contributed by atoms with van der Waals surface area (Å²) in [4.78, 5) is 2.47. The van der Waals surface area contributed by atoms with E-state index in [1.54, 1.807) is 0 Å². The third kappa shape index (κ3) is 3.22. The molecule has 2 nitrogen and oxygen atoms in total. The molecule has 0 saturated carbocycles. The number of benzene rings is 1. The highest BCUT2D eigenvalue weighted by molar-refractivity contribution is 9.10. The van der Waals surface area contributed by atoms with Crippen LogP contribution in [0.2, 0.25) is 0 Å². The fraction of sp³-hybridized carbons (Fsp3) is 0.571. The summed E-state index contributed by atoms with van der Waals surface area (Å²) in [5, 5.41) is 1.39. The van der Waals surface area contributed by atoms with Crippen LogP contribution in [0, 0.1) is 0 Å². The van der Waals surface area contributed by atoms with Crippen LogP contribution in [0.1, 0.15) is 32.4 Å². The lowest BCUT2D eigenvalue weighted by molar-refractivity contribution is 0.727. The van der Waals surface area contributed by atoms with E-state index >= 15 is 0 Å². The number of nitrogens with two attached hydrogens (primary N) is 1. The number of nitrogens with zero attached hydrogens (tertiary/aromatic N) is 1. The summed E-state index contributed by atoms with van der Waals surface area (Å²) in [7, 11) is 0. The highest BCUT2D eigenvalue weighted by atomic mass is 79.9. The van der Waals surface area contributed by atoms with Gasteiger partial charge in [0.25, 0.3) is 0 Å². The van der Waals surface area contributed by atoms with Crippen molar-refractivity contribution in [3.05, 3.63) is 28.2 Å². The van der Waals surface area contributed by atoms with Crippen LogP contribution < -0.4 is 10.6 Å². The molecule has 1 heterocycles. The minimum Gasteiger partial charge on any atom is -0.369 e. The number of rotatable bonds is 2. The van der Waals surface area contributed by atoms with E-state index in [-0.39, 0.29) is 6.04 Å². The van der Waals surface area contributed by atoms with Crippen LogP contribution in [-0.2, 0) is 0 Å². The molecule has 4 heteroatoms. The van der Waals surface area contributed by atoms with E-state index in [0.29, 0.717) is 10.5 Å². The van der Waals surface area contributed by atoms with Crippen molar-refractivity contribution in [2.24, 2.45) is 5.73 Å². The molecule has 0 radical (unpaired) electrons. The van der Waals surface area contributed by atoms with Gasteiger partial charge in [-0.15, -0.1) is 0 Å². The maximum absolute atomic E-state index is 5.94. The van der Waals surface area contributed by atoms with E-state index in [0.717, 1.165) is 17.6 Å². The smallest absolute Gasteiger partial charge is 0.0378 e. The van der Waals surface area contributed by atoms with Gasteiger partial charge in [0.05, 0.1) is 0 Å². The summed E-state index contributed by atoms with van der Waals surface area (Å²) in [6.07, 6.45) is 0. The van der Waals surface area contributed by atoms with Gasteiger partial charge in [0, 0.05) is 39.8 Å². The van der Waals surface area contributed by atoms with Gasteiger partial charge in [-0.05, 0) is 24.6 Å². The van der Waals surface area contributed by atoms with Crippen molar-refractivity contribution < 1.29 is 0 Å². The highest BCUT2D eigenvalue weighted by Gasteiger charge is 2.22. The topological polar surface area (TPSA) is 29.3 Å². The van der Waals surface area contributed by atoms with E-state index in [1.807, 2.05) is 6.92 Å². The predicted octanol–water partition coefficient (Wildman–Crippen LogP) is 3.80. The number of anilines is 1. The van der Waals surface area contributed by atoms with Gasteiger partial charge in [-0.2, -0.15) is 11.8 Å². The molecule has 0 aliphatic carbocycles. The van der Waals surface area contributed by atoms with Crippen molar-refractivity contribution in [1.82, 2.24) is 0 Å². The fourth-order valence-corrected chi connectivity index (χ4v) is 4.52. The molecule has 0 aromatic heterocycles. The predicted molar refractivity (Wildman–Crippen MR) is 85.5 cm³/mol. The van der Waals surface area contributed by atoms with Crippen molar-refractivity contribution in [3.8, 4) is 0 Å². The van der Waals surface area contributed by atoms with Crippen molar-refractivity contribution in [3.63, 3.8) is 0 Å². The Bertz CT molecular complexity index is 412. The average molecular weight is 329 g/mol. The largest absolute Gasteiger partial charge is 0.369 e. The number of halogens is 1. The third-order valence-corrected chi connectivity index (χ3v) is 5.17. The second-order valence-electron chi connectivity index (χ2n) is 5.16. The Morgan fingerprint density at radius 3 is 2.44 bits per heavy atom. The van der Waals surface area contributed by atoms with Gasteiger partial charge in [0.15, 0.2) is 0 Å². The minimum atomic E-state index is 0.0724. The molecule has 1 fully saturated rings. The Kier molecular flexibility index (Phi) is 4.62. The quantitative estimate of drug-likeness (QED) is 0.895. The molecule has 3 atom stereocenters. The van der Waals surface area contributed by atoms with Crippen molar-refractivity contribution in [1.29, 1.82) is 0 Å². The Balaban J connectivity index is 2.21. The maximum atomic E-state index is 5.94. The summed E-state index contributed by atoms with van der Waals surface area (Å²) >= 11 is 5.71. The van der Waals surface area contributed by atoms with Crippen LogP contribution >= 0.6 is 27.7 Å². The molecule has 100 valence electrons. The van der Waals surface area contributed by atoms with E-state index < -0.39 is 0 Å². The van der Waals surface area contributed by atoms with Crippen LogP contribution in [0.25, 0.3) is 0 Å². The molecule has 2 rings (SSSR count). The molecule has 1 aromatic carbocycles. The monoisotopic (exact) mass is 328 g/mol. The second-order valence-corrected chi connectivity index (χ2v) is 7.89. The highest BCUT2D eigenvalue weighted by Crippen LogP contribution is 2.32. The molecule has 0 spiro atoms. The Morgan fingerprint density at radius 1 is 1.33 bits per heavy atom. The summed E-state index contributed by atoms with van der Waals surface area (Å²) in [5.74, 6) is 0. The number of hydrogen-bond donors (Lipinski definition) is 1. The van der Waals surface area contributed by atoms with Gasteiger partial charge in [0.2, 0.25) is 0 Å². The third-order valence-electron chi connectivity index (χ3n) is 3.26. The van der Waals surface area contributed by atoms with Gasteiger partial charge < -0.3 is 10.6 Å². The zero-order valence-corrected chi connectivity index (χ0v) is 13.6. The summed E-state index contributed by atoms with van der Waals surface area (Å²) in [6.45, 7) is 8.87. The van der Waals surface area contributed by atoms with Crippen LogP contribution in [0.4, 0.5) is 5.69 Å². The SMILES string of the molecule is CC1CN(c2ccc([C@H](C)N)c(Br)c2)CC(C)S1. The molecule has 2 unspecified atom stereocenters. The van der Waals surface area contributed by atoms with Crippen molar-refractivity contribution in [2.75, 3.05) is 18.0 Å². The molecule has 1 aliphatic heterocycles. The molecule has 0 amide bonds. The lowest BCUT2D eigenvalue weighted by Crippen LogP contribution is -2.40. The summed E-state index contributed by atoms with van der Waals surface area (Å²) in [6, 6.07) is 6.61. The van der Waals surface area contributed by atoms with E-state index in [1.165, 1.54) is 11.3 Å². The van der Waals surface area contributed by atoms with Crippen LogP contribution in [0.15, 0.2) is 22.7 Å². The zero-order chi connectivity index (χ0) is 13.3. The molecule has 2 N–H and O–H groups in total. The first-order chi connectivity index (χ1) is 8.47. The van der Waals surface area contributed by atoms with Gasteiger partial charge in [-0.3, -0.25) is 0 Å². The normalized spacial score (nSPS) is 26.2. The maximum Gasteiger partial charge on any atom is 0.0378 e. The number of thioether (sulfide) groups is 1. The van der Waals surface area contributed by atoms with Crippen molar-refractivity contribution in [2.45, 2.75) is 37.3 Å². The van der Waals surface area contributed by atoms with E-state index in [9.17, 15) is 0 Å². The lowest BCUT2D eigenvalue weighted by Gasteiger charge is -2.36.